The second-order valence-electron chi connectivity index (χ2n) is 5.33. The Morgan fingerprint density at radius 3 is 2.57 bits per heavy atom. The molecule has 0 N–H and O–H groups in total. The van der Waals surface area contributed by atoms with E-state index in [0.29, 0.717) is 6.61 Å². The van der Waals surface area contributed by atoms with Crippen molar-refractivity contribution in [2.45, 2.75) is 5.92 Å². The Labute approximate surface area is 123 Å². The zero-order valence-electron chi connectivity index (χ0n) is 11.5. The van der Waals surface area contributed by atoms with Crippen LogP contribution in [0.1, 0.15) is 21.8 Å². The minimum absolute atomic E-state index is 0.130. The van der Waals surface area contributed by atoms with Gasteiger partial charge in [-0.3, -0.25) is 4.79 Å². The molecule has 1 atom stereocenters. The highest BCUT2D eigenvalue weighted by Crippen LogP contribution is 2.35. The number of hydrogen-bond acceptors (Lipinski definition) is 2. The summed E-state index contributed by atoms with van der Waals surface area (Å²) < 4.78 is 5.62. The first-order valence-corrected chi connectivity index (χ1v) is 7.08. The van der Waals surface area contributed by atoms with Gasteiger partial charge in [0.1, 0.15) is 12.4 Å². The minimum Gasteiger partial charge on any atom is -0.492 e. The Hall–Kier alpha value is -2.61. The molecule has 0 spiro atoms. The highest BCUT2D eigenvalue weighted by molar-refractivity contribution is 6.04. The molecule has 3 aromatic carbocycles. The van der Waals surface area contributed by atoms with Crippen LogP contribution < -0.4 is 4.74 Å². The van der Waals surface area contributed by atoms with E-state index in [0.717, 1.165) is 27.6 Å². The number of hydrogen-bond donors (Lipinski definition) is 0. The molecule has 4 rings (SSSR count). The maximum atomic E-state index is 12.8. The van der Waals surface area contributed by atoms with E-state index in [1.165, 1.54) is 0 Å². The predicted octanol–water partition coefficient (Wildman–Crippen LogP) is 4.20. The van der Waals surface area contributed by atoms with Crippen LogP contribution in [0.25, 0.3) is 10.8 Å². The molecule has 0 aliphatic carbocycles. The number of rotatable bonds is 2. The van der Waals surface area contributed by atoms with Crippen molar-refractivity contribution in [2.24, 2.45) is 0 Å². The molecule has 1 unspecified atom stereocenters. The minimum atomic E-state index is -0.192. The number of fused-ring (bicyclic) bond motifs is 2. The smallest absolute Gasteiger partial charge is 0.173 e. The van der Waals surface area contributed by atoms with E-state index in [-0.39, 0.29) is 11.7 Å². The van der Waals surface area contributed by atoms with Crippen molar-refractivity contribution >= 4 is 16.6 Å². The van der Waals surface area contributed by atoms with Crippen LogP contribution in [-0.2, 0) is 0 Å². The molecule has 3 aromatic rings. The van der Waals surface area contributed by atoms with E-state index in [1.807, 2.05) is 60.7 Å². The number of carbonyl (C=O) groups is 1. The molecular formula is C19H14O2. The summed E-state index contributed by atoms with van der Waals surface area (Å²) in [6, 6.07) is 21.7. The standard InChI is InChI=1S/C19H14O2/c20-19(17-12-21-18-8-4-3-7-16(17)18)15-10-9-13-5-1-2-6-14(13)11-15/h1-11,17H,12H2. The van der Waals surface area contributed by atoms with Gasteiger partial charge in [0.15, 0.2) is 5.78 Å². The van der Waals surface area contributed by atoms with Gasteiger partial charge in [-0.1, -0.05) is 54.6 Å². The molecule has 0 saturated heterocycles. The summed E-state index contributed by atoms with van der Waals surface area (Å²) in [5.41, 5.74) is 1.75. The normalized spacial score (nSPS) is 16.5. The van der Waals surface area contributed by atoms with Crippen LogP contribution in [0.3, 0.4) is 0 Å². The lowest BCUT2D eigenvalue weighted by atomic mass is 9.91. The van der Waals surface area contributed by atoms with Crippen molar-refractivity contribution in [1.82, 2.24) is 0 Å². The van der Waals surface area contributed by atoms with Crippen LogP contribution in [-0.4, -0.2) is 12.4 Å². The van der Waals surface area contributed by atoms with E-state index < -0.39 is 0 Å². The van der Waals surface area contributed by atoms with E-state index >= 15 is 0 Å². The molecule has 0 bridgehead atoms. The first-order valence-electron chi connectivity index (χ1n) is 7.08. The maximum Gasteiger partial charge on any atom is 0.173 e. The average Bonchev–Trinajstić information content (AvgIpc) is 2.98. The molecular weight excluding hydrogens is 260 g/mol. The number of ketones is 1. The molecule has 1 aliphatic rings. The van der Waals surface area contributed by atoms with Gasteiger partial charge in [0.05, 0.1) is 5.92 Å². The zero-order valence-corrected chi connectivity index (χ0v) is 11.5. The van der Waals surface area contributed by atoms with Crippen LogP contribution in [0.4, 0.5) is 0 Å². The number of benzene rings is 3. The van der Waals surface area contributed by atoms with Crippen molar-refractivity contribution in [2.75, 3.05) is 6.61 Å². The lowest BCUT2D eigenvalue weighted by Crippen LogP contribution is -2.14. The molecule has 1 aliphatic heterocycles. The molecule has 1 heterocycles. The largest absolute Gasteiger partial charge is 0.492 e. The molecule has 21 heavy (non-hydrogen) atoms. The quantitative estimate of drug-likeness (QED) is 0.655. The molecule has 2 heteroatoms. The molecule has 0 fully saturated rings. The number of ether oxygens (including phenoxy) is 1. The van der Waals surface area contributed by atoms with Crippen LogP contribution in [0, 0.1) is 0 Å². The molecule has 2 nitrogen and oxygen atoms in total. The van der Waals surface area contributed by atoms with Crippen LogP contribution in [0.2, 0.25) is 0 Å². The van der Waals surface area contributed by atoms with E-state index in [4.69, 9.17) is 4.74 Å². The van der Waals surface area contributed by atoms with Gasteiger partial charge in [0.25, 0.3) is 0 Å². The topological polar surface area (TPSA) is 26.3 Å². The van der Waals surface area contributed by atoms with Gasteiger partial charge in [-0.05, 0) is 22.9 Å². The molecule has 102 valence electrons. The first kappa shape index (κ1) is 12.2. The maximum absolute atomic E-state index is 12.8. The van der Waals surface area contributed by atoms with Gasteiger partial charge in [0.2, 0.25) is 0 Å². The number of Topliss-reactive ketones (excluding diaryl/α,β-unsaturated/α-hetero) is 1. The summed E-state index contributed by atoms with van der Waals surface area (Å²) in [6.07, 6.45) is 0. The Morgan fingerprint density at radius 1 is 0.905 bits per heavy atom. The van der Waals surface area contributed by atoms with Crippen molar-refractivity contribution < 1.29 is 9.53 Å². The van der Waals surface area contributed by atoms with Gasteiger partial charge in [-0.15, -0.1) is 0 Å². The van der Waals surface area contributed by atoms with E-state index in [9.17, 15) is 4.79 Å². The Kier molecular flexibility index (Phi) is 2.74. The fraction of sp³-hybridized carbons (Fsp3) is 0.105. The lowest BCUT2D eigenvalue weighted by molar-refractivity contribution is 0.0947. The SMILES string of the molecule is O=C(c1ccc2ccccc2c1)C1COc2ccccc21. The third kappa shape index (κ3) is 2.00. The summed E-state index contributed by atoms with van der Waals surface area (Å²) in [5, 5.41) is 2.24. The van der Waals surface area contributed by atoms with Crippen molar-refractivity contribution in [3.8, 4) is 5.75 Å². The first-order chi connectivity index (χ1) is 10.3. The van der Waals surface area contributed by atoms with Gasteiger partial charge >= 0.3 is 0 Å². The number of para-hydroxylation sites is 1. The molecule has 0 aromatic heterocycles. The van der Waals surface area contributed by atoms with Gasteiger partial charge < -0.3 is 4.74 Å². The molecule has 0 amide bonds. The van der Waals surface area contributed by atoms with Crippen molar-refractivity contribution in [3.63, 3.8) is 0 Å². The van der Waals surface area contributed by atoms with Crippen LogP contribution in [0.5, 0.6) is 5.75 Å². The average molecular weight is 274 g/mol. The summed E-state index contributed by atoms with van der Waals surface area (Å²) in [7, 11) is 0. The third-order valence-electron chi connectivity index (χ3n) is 4.05. The van der Waals surface area contributed by atoms with E-state index in [1.54, 1.807) is 0 Å². The van der Waals surface area contributed by atoms with Gasteiger partial charge in [-0.25, -0.2) is 0 Å². The van der Waals surface area contributed by atoms with Crippen molar-refractivity contribution in [1.29, 1.82) is 0 Å². The Balaban J connectivity index is 1.74. The number of carbonyl (C=O) groups excluding carboxylic acids is 1. The van der Waals surface area contributed by atoms with Gasteiger partial charge in [0, 0.05) is 11.1 Å². The fourth-order valence-electron chi connectivity index (χ4n) is 2.92. The van der Waals surface area contributed by atoms with E-state index in [2.05, 4.69) is 6.07 Å². The summed E-state index contributed by atoms with van der Waals surface area (Å²) in [5.74, 6) is 0.768. The van der Waals surface area contributed by atoms with Gasteiger partial charge in [-0.2, -0.15) is 0 Å². The monoisotopic (exact) mass is 274 g/mol. The second kappa shape index (κ2) is 4.74. The Bertz CT molecular complexity index is 836. The fourth-order valence-corrected chi connectivity index (χ4v) is 2.92. The zero-order chi connectivity index (χ0) is 14.2. The van der Waals surface area contributed by atoms with Crippen LogP contribution >= 0.6 is 0 Å². The highest BCUT2D eigenvalue weighted by atomic mass is 16.5. The lowest BCUT2D eigenvalue weighted by Gasteiger charge is -2.09. The van der Waals surface area contributed by atoms with Crippen molar-refractivity contribution in [3.05, 3.63) is 77.9 Å². The molecule has 0 radical (unpaired) electrons. The van der Waals surface area contributed by atoms with Crippen LogP contribution in [0.15, 0.2) is 66.7 Å². The summed E-state index contributed by atoms with van der Waals surface area (Å²) >= 11 is 0. The predicted molar refractivity (Wildman–Crippen MR) is 83.0 cm³/mol. The summed E-state index contributed by atoms with van der Waals surface area (Å²) in [4.78, 5) is 12.8. The third-order valence-corrected chi connectivity index (χ3v) is 4.05. The summed E-state index contributed by atoms with van der Waals surface area (Å²) in [6.45, 7) is 0.436. The molecule has 0 saturated carbocycles. The highest BCUT2D eigenvalue weighted by Gasteiger charge is 2.30. The Morgan fingerprint density at radius 2 is 1.67 bits per heavy atom. The second-order valence-corrected chi connectivity index (χ2v) is 5.33.